The molecular weight excluding hydrogens is 1550 g/mol. The van der Waals surface area contributed by atoms with Crippen molar-refractivity contribution in [3.05, 3.63) is 93.0 Å². The molecule has 5 rings (SSSR count). The van der Waals surface area contributed by atoms with Gasteiger partial charge in [-0.3, -0.25) is 38.4 Å². The lowest BCUT2D eigenvalue weighted by molar-refractivity contribution is -0.146. The lowest BCUT2D eigenvalue weighted by atomic mass is 9.78. The normalized spacial score (nSPS) is 16.4. The molecule has 0 aliphatic heterocycles. The van der Waals surface area contributed by atoms with Crippen LogP contribution >= 0.6 is 0 Å². The van der Waals surface area contributed by atoms with E-state index >= 15 is 38.4 Å². The second-order valence-corrected chi connectivity index (χ2v) is 32.9. The summed E-state index contributed by atoms with van der Waals surface area (Å²) in [6.07, 6.45) is 0.537. The van der Waals surface area contributed by atoms with Crippen LogP contribution in [0.4, 0.5) is 0 Å². The molecule has 8 atom stereocenters. The number of hydrogen-bond acceptors (Lipinski definition) is 24. The van der Waals surface area contributed by atoms with Crippen LogP contribution in [0.1, 0.15) is 205 Å². The molecule has 0 radical (unpaired) electrons. The third-order valence-corrected chi connectivity index (χ3v) is 20.9. The first-order chi connectivity index (χ1) is 56.5. The summed E-state index contributed by atoms with van der Waals surface area (Å²) in [4.78, 5) is 182. The number of carbonyl (C=O) groups is 12. The summed E-state index contributed by atoms with van der Waals surface area (Å²) >= 11 is 0. The van der Waals surface area contributed by atoms with Gasteiger partial charge >= 0.3 is 23.9 Å². The molecule has 4 aromatic rings. The first-order valence-electron chi connectivity index (χ1n) is 40.3. The number of rotatable bonds is 40. The molecule has 0 saturated heterocycles. The number of carbonyl (C=O) groups excluding carboxylic acids is 12. The second-order valence-electron chi connectivity index (χ2n) is 32.9. The topological polar surface area (TPSA) is 412 Å². The Labute approximate surface area is 705 Å². The van der Waals surface area contributed by atoms with Crippen LogP contribution in [0.5, 0.6) is 46.0 Å². The zero-order valence-electron chi connectivity index (χ0n) is 74.8. The number of esters is 4. The van der Waals surface area contributed by atoms with Crippen LogP contribution in [0.25, 0.3) is 0 Å². The van der Waals surface area contributed by atoms with Gasteiger partial charge in [0, 0.05) is 68.8 Å². The summed E-state index contributed by atoms with van der Waals surface area (Å²) < 4.78 is 71.2. The third-order valence-electron chi connectivity index (χ3n) is 20.9. The number of ether oxygens (including phenoxy) is 12. The van der Waals surface area contributed by atoms with Crippen LogP contribution in [-0.2, 0) is 76.5 Å². The number of hydrogen-bond donors (Lipinski definition) is 8. The molecule has 32 heteroatoms. The van der Waals surface area contributed by atoms with Crippen molar-refractivity contribution < 1.29 is 114 Å². The fourth-order valence-electron chi connectivity index (χ4n) is 14.8. The van der Waals surface area contributed by atoms with E-state index in [9.17, 15) is 19.2 Å². The number of benzene rings is 4. The van der Waals surface area contributed by atoms with E-state index in [1.54, 1.807) is 55.4 Å². The van der Waals surface area contributed by atoms with E-state index in [0.29, 0.717) is 0 Å². The second kappa shape index (κ2) is 45.4. The molecule has 120 heavy (non-hydrogen) atoms. The van der Waals surface area contributed by atoms with E-state index in [2.05, 4.69) is 42.5 Å². The van der Waals surface area contributed by atoms with Gasteiger partial charge in [-0.15, -0.1) is 0 Å². The number of methoxy groups -OCH3 is 12. The minimum atomic E-state index is -1.85. The number of fused-ring (bicyclic) bond motifs is 8. The Hall–Kier alpha value is -11.1. The zero-order chi connectivity index (χ0) is 90.3. The van der Waals surface area contributed by atoms with Crippen molar-refractivity contribution in [3.8, 4) is 46.0 Å². The Bertz CT molecular complexity index is 3650. The van der Waals surface area contributed by atoms with E-state index in [-0.39, 0.29) is 140 Å². The number of nitrogens with one attached hydrogen (secondary N) is 8. The van der Waals surface area contributed by atoms with Crippen LogP contribution in [0.15, 0.2) is 48.5 Å². The van der Waals surface area contributed by atoms with Gasteiger partial charge in [0.2, 0.25) is 47.3 Å². The SMILES string of the molecule is COC(=O)[C@@H](CC(C)C)NC(=O)[C@H](NC(=O)C1c2cc(c(OC)cc2OC)C(C(=O)N[C@@H](C(=O)N[C@H](CC(C)C)C(=O)OC)C(C)C)c2cc(c(OC)cc2OC)C(C(=O)N[C@@H](C(=O)N[C@H](CC(C)C)C(=O)OC)C(C)C)c2cc(c(OC)cc2OC)C(C(=O)N[C@@H](C(=O)N[C@H](CC(C)C)C(=O)OC)C(C)C)c2cc1c(OC)cc2OC)C(C)C. The summed E-state index contributed by atoms with van der Waals surface area (Å²) in [6.45, 7) is 28.1. The first kappa shape index (κ1) is 99.5. The van der Waals surface area contributed by atoms with Gasteiger partial charge in [-0.05, 0) is 97.3 Å². The molecule has 8 N–H and O–H groups in total. The van der Waals surface area contributed by atoms with Gasteiger partial charge in [0.1, 0.15) is 94.3 Å². The van der Waals surface area contributed by atoms with Gasteiger partial charge in [0.15, 0.2) is 0 Å². The van der Waals surface area contributed by atoms with Crippen molar-refractivity contribution >= 4 is 71.1 Å². The van der Waals surface area contributed by atoms with Crippen LogP contribution in [0.3, 0.4) is 0 Å². The Morgan fingerprint density at radius 3 is 0.483 bits per heavy atom. The summed E-state index contributed by atoms with van der Waals surface area (Å²) in [5, 5.41) is 23.1. The summed E-state index contributed by atoms with van der Waals surface area (Å²) in [7, 11) is 15.1. The molecule has 8 amide bonds. The van der Waals surface area contributed by atoms with E-state index in [4.69, 9.17) is 56.8 Å². The summed E-state index contributed by atoms with van der Waals surface area (Å²) in [5.41, 5.74) is -0.872. The highest BCUT2D eigenvalue weighted by molar-refractivity contribution is 6.00. The molecular formula is C88H128N8O24. The van der Waals surface area contributed by atoms with E-state index in [0.717, 1.165) is 0 Å². The highest BCUT2D eigenvalue weighted by Crippen LogP contribution is 2.52. The van der Waals surface area contributed by atoms with E-state index in [1.165, 1.54) is 134 Å². The molecule has 8 bridgehead atoms. The minimum Gasteiger partial charge on any atom is -0.496 e. The van der Waals surface area contributed by atoms with Gasteiger partial charge in [0.25, 0.3) is 0 Å². The highest BCUT2D eigenvalue weighted by Gasteiger charge is 2.45. The number of amides is 8. The molecule has 0 spiro atoms. The quantitative estimate of drug-likeness (QED) is 0.0154. The van der Waals surface area contributed by atoms with Crippen molar-refractivity contribution in [2.45, 2.75) is 208 Å². The smallest absolute Gasteiger partial charge is 0.328 e. The molecule has 0 heterocycles. The largest absolute Gasteiger partial charge is 0.496 e. The van der Waals surface area contributed by atoms with Crippen LogP contribution < -0.4 is 80.4 Å². The molecule has 0 aromatic heterocycles. The summed E-state index contributed by atoms with van der Waals surface area (Å²) in [5.74, 6) is -22.0. The lowest BCUT2D eigenvalue weighted by Crippen LogP contribution is -2.55. The monoisotopic (exact) mass is 1680 g/mol. The highest BCUT2D eigenvalue weighted by atomic mass is 16.5. The molecule has 4 aromatic carbocycles. The van der Waals surface area contributed by atoms with Crippen LogP contribution in [0, 0.1) is 47.3 Å². The maximum Gasteiger partial charge on any atom is 0.328 e. The van der Waals surface area contributed by atoms with Crippen molar-refractivity contribution in [2.75, 3.05) is 85.3 Å². The van der Waals surface area contributed by atoms with Crippen molar-refractivity contribution in [1.29, 1.82) is 0 Å². The zero-order valence-corrected chi connectivity index (χ0v) is 74.8. The maximum atomic E-state index is 16.8. The van der Waals surface area contributed by atoms with Crippen LogP contribution in [0.2, 0.25) is 0 Å². The Kier molecular flexibility index (Phi) is 37.6. The molecule has 0 unspecified atom stereocenters. The van der Waals surface area contributed by atoms with Gasteiger partial charge < -0.3 is 99.4 Å². The first-order valence-corrected chi connectivity index (χ1v) is 40.3. The predicted molar refractivity (Wildman–Crippen MR) is 446 cm³/mol. The molecule has 1 aliphatic carbocycles. The summed E-state index contributed by atoms with van der Waals surface area (Å²) in [6, 6.07) is 0.624. The predicted octanol–water partition coefficient (Wildman–Crippen LogP) is 7.98. The molecule has 1 aliphatic rings. The lowest BCUT2D eigenvalue weighted by Gasteiger charge is -2.33. The van der Waals surface area contributed by atoms with Gasteiger partial charge in [0.05, 0.1) is 109 Å². The Morgan fingerprint density at radius 2 is 0.375 bits per heavy atom. The van der Waals surface area contributed by atoms with Crippen molar-refractivity contribution in [3.63, 3.8) is 0 Å². The third kappa shape index (κ3) is 24.6. The van der Waals surface area contributed by atoms with Gasteiger partial charge in [-0.25, -0.2) is 19.2 Å². The molecule has 664 valence electrons. The minimum absolute atomic E-state index is 0.109. The Balaban J connectivity index is 2.27. The van der Waals surface area contributed by atoms with Gasteiger partial charge in [-0.1, -0.05) is 111 Å². The fourth-order valence-corrected chi connectivity index (χ4v) is 14.8. The van der Waals surface area contributed by atoms with Crippen molar-refractivity contribution in [2.24, 2.45) is 47.3 Å². The van der Waals surface area contributed by atoms with Crippen LogP contribution in [-0.4, -0.2) is 205 Å². The Morgan fingerprint density at radius 1 is 0.233 bits per heavy atom. The van der Waals surface area contributed by atoms with Crippen molar-refractivity contribution in [1.82, 2.24) is 42.5 Å². The average Bonchev–Trinajstić information content (AvgIpc) is 0.736. The maximum absolute atomic E-state index is 16.8. The molecule has 0 saturated carbocycles. The van der Waals surface area contributed by atoms with Gasteiger partial charge in [-0.2, -0.15) is 0 Å². The van der Waals surface area contributed by atoms with E-state index in [1.807, 2.05) is 55.4 Å². The molecule has 32 nitrogen and oxygen atoms in total. The fraction of sp³-hybridized carbons (Fsp3) is 0.591. The molecule has 0 fully saturated rings. The average molecular weight is 1680 g/mol. The standard InChI is InChI=1S/C88H128N8O24/c1-41(2)29-57(85(105)117-25)89-81(101)73(45(9)10)93-77(97)69-49-33-51(63(111-19)37-61(49)109-17)70(78(98)94-74(46(11)12)82(102)90-58(30-42(3)4)86(106)118-26)53-35-55(67(115-23)39-65(53)113-21)72(80(100)96-76(48(15)16)84(104)92-60(32-44(7)8)88(108)120-28)56-36-54(66(114-22)40-68(56)116-24)71(52-34-50(69)62(110-18)38-64(52)112-20)79(99)95-75(47(13)14)83(103)91-59(31-43(5)6)87(107)119-27/h33-48,57-60,69-76H,29-32H2,1-28H3,(H,89,101)(H,90,102)(H,91,103)(H,92,104)(H,93,97)(H,94,98)(H,95,99)(H,96,100)/t57-,58-,59-,60-,69?,70?,71?,72?,73-,74-,75-,76-/m1/s1. The van der Waals surface area contributed by atoms with E-state index < -0.39 is 167 Å².